The van der Waals surface area contributed by atoms with Crippen molar-refractivity contribution in [2.24, 2.45) is 0 Å². The van der Waals surface area contributed by atoms with Gasteiger partial charge in [0.05, 0.1) is 27.2 Å². The lowest BCUT2D eigenvalue weighted by atomic mass is 10.1. The van der Waals surface area contributed by atoms with E-state index in [1.54, 1.807) is 18.2 Å². The van der Waals surface area contributed by atoms with Crippen molar-refractivity contribution < 1.29 is 26.9 Å². The van der Waals surface area contributed by atoms with Gasteiger partial charge in [-0.3, -0.25) is 14.9 Å². The van der Waals surface area contributed by atoms with Crippen LogP contribution in [-0.4, -0.2) is 19.2 Å². The van der Waals surface area contributed by atoms with Crippen molar-refractivity contribution in [3.63, 3.8) is 0 Å². The SMILES string of the molecule is O=C(Nc1ccc(F)cc1)c1c(F)cc([N+](=O)[O-])cc1S(=O)(=O)Cc1ccccc1. The van der Waals surface area contributed by atoms with Gasteiger partial charge < -0.3 is 5.32 Å². The van der Waals surface area contributed by atoms with Crippen LogP contribution in [0.3, 0.4) is 0 Å². The lowest BCUT2D eigenvalue weighted by molar-refractivity contribution is -0.385. The van der Waals surface area contributed by atoms with E-state index < -0.39 is 54.2 Å². The Hall–Kier alpha value is -3.66. The molecule has 0 fully saturated rings. The van der Waals surface area contributed by atoms with E-state index in [1.165, 1.54) is 24.3 Å². The maximum atomic E-state index is 14.7. The molecule has 0 heterocycles. The summed E-state index contributed by atoms with van der Waals surface area (Å²) in [5, 5.41) is 13.4. The largest absolute Gasteiger partial charge is 0.322 e. The van der Waals surface area contributed by atoms with Crippen molar-refractivity contribution in [1.29, 1.82) is 0 Å². The molecule has 3 aromatic carbocycles. The molecule has 0 spiro atoms. The van der Waals surface area contributed by atoms with Crippen LogP contribution in [0.5, 0.6) is 0 Å². The van der Waals surface area contributed by atoms with Crippen molar-refractivity contribution in [2.45, 2.75) is 10.6 Å². The zero-order chi connectivity index (χ0) is 21.9. The number of hydrogen-bond acceptors (Lipinski definition) is 5. The molecule has 7 nitrogen and oxygen atoms in total. The van der Waals surface area contributed by atoms with Crippen molar-refractivity contribution in [2.75, 3.05) is 5.32 Å². The molecule has 0 atom stereocenters. The summed E-state index contributed by atoms with van der Waals surface area (Å²) >= 11 is 0. The monoisotopic (exact) mass is 432 g/mol. The van der Waals surface area contributed by atoms with E-state index >= 15 is 0 Å². The Morgan fingerprint density at radius 1 is 1.00 bits per heavy atom. The molecule has 3 aromatic rings. The van der Waals surface area contributed by atoms with Crippen LogP contribution < -0.4 is 5.32 Å². The first-order chi connectivity index (χ1) is 14.2. The molecule has 0 radical (unpaired) electrons. The van der Waals surface area contributed by atoms with E-state index in [-0.39, 0.29) is 5.69 Å². The van der Waals surface area contributed by atoms with Gasteiger partial charge in [0.2, 0.25) is 0 Å². The van der Waals surface area contributed by atoms with Gasteiger partial charge in [0.25, 0.3) is 11.6 Å². The van der Waals surface area contributed by atoms with E-state index in [1.807, 2.05) is 0 Å². The third-order valence-corrected chi connectivity index (χ3v) is 5.82. The van der Waals surface area contributed by atoms with Crippen LogP contribution in [0.25, 0.3) is 0 Å². The zero-order valence-corrected chi connectivity index (χ0v) is 16.0. The Bertz CT molecular complexity index is 1210. The van der Waals surface area contributed by atoms with Crippen LogP contribution in [0, 0.1) is 21.7 Å². The maximum absolute atomic E-state index is 14.7. The number of benzene rings is 3. The predicted molar refractivity (Wildman–Crippen MR) is 105 cm³/mol. The van der Waals surface area contributed by atoms with Crippen molar-refractivity contribution >= 4 is 27.1 Å². The predicted octanol–water partition coefficient (Wildman–Crippen LogP) is 4.10. The highest BCUT2D eigenvalue weighted by atomic mass is 32.2. The molecule has 0 bridgehead atoms. The Balaban J connectivity index is 2.08. The summed E-state index contributed by atoms with van der Waals surface area (Å²) in [5.74, 6) is -3.66. The van der Waals surface area contributed by atoms with E-state index in [4.69, 9.17) is 0 Å². The van der Waals surface area contributed by atoms with Gasteiger partial charge in [-0.05, 0) is 29.8 Å². The number of nitrogens with one attached hydrogen (secondary N) is 1. The minimum atomic E-state index is -4.33. The molecule has 0 saturated carbocycles. The lowest BCUT2D eigenvalue weighted by Gasteiger charge is -2.12. The van der Waals surface area contributed by atoms with Gasteiger partial charge in [-0.2, -0.15) is 0 Å². The number of sulfone groups is 1. The summed E-state index contributed by atoms with van der Waals surface area (Å²) < 4.78 is 53.6. The minimum Gasteiger partial charge on any atom is -0.322 e. The standard InChI is InChI=1S/C20H14F2N2O5S/c21-14-6-8-15(9-7-14)23-20(25)19-17(22)10-16(24(26)27)11-18(19)30(28,29)12-13-4-2-1-3-5-13/h1-11H,12H2,(H,23,25). The third-order valence-electron chi connectivity index (χ3n) is 4.11. The molecule has 0 aliphatic heterocycles. The summed E-state index contributed by atoms with van der Waals surface area (Å²) in [6, 6.07) is 13.5. The fourth-order valence-corrected chi connectivity index (χ4v) is 4.33. The van der Waals surface area contributed by atoms with Gasteiger partial charge >= 0.3 is 0 Å². The van der Waals surface area contributed by atoms with Crippen molar-refractivity contribution in [3.05, 3.63) is 99.6 Å². The first-order valence-electron chi connectivity index (χ1n) is 8.49. The summed E-state index contributed by atoms with van der Waals surface area (Å²) in [4.78, 5) is 22.0. The topological polar surface area (TPSA) is 106 Å². The second-order valence-corrected chi connectivity index (χ2v) is 8.22. The molecule has 154 valence electrons. The van der Waals surface area contributed by atoms with Gasteiger partial charge in [0.15, 0.2) is 9.84 Å². The fourth-order valence-electron chi connectivity index (χ4n) is 2.74. The number of rotatable bonds is 6. The zero-order valence-electron chi connectivity index (χ0n) is 15.2. The van der Waals surface area contributed by atoms with Crippen LogP contribution in [0.4, 0.5) is 20.2 Å². The van der Waals surface area contributed by atoms with Gasteiger partial charge in [-0.25, -0.2) is 17.2 Å². The summed E-state index contributed by atoms with van der Waals surface area (Å²) in [6.45, 7) is 0. The van der Waals surface area contributed by atoms with Gasteiger partial charge in [0.1, 0.15) is 11.6 Å². The molecule has 0 aliphatic carbocycles. The van der Waals surface area contributed by atoms with Crippen LogP contribution in [0.2, 0.25) is 0 Å². The molecular formula is C20H14F2N2O5S. The summed E-state index contributed by atoms with van der Waals surface area (Å²) in [7, 11) is -4.33. The highest BCUT2D eigenvalue weighted by molar-refractivity contribution is 7.90. The number of halogens is 2. The number of anilines is 1. The number of carbonyl (C=O) groups excluding carboxylic acids is 1. The smallest absolute Gasteiger partial charge is 0.273 e. The Morgan fingerprint density at radius 2 is 1.63 bits per heavy atom. The lowest BCUT2D eigenvalue weighted by Crippen LogP contribution is -2.19. The highest BCUT2D eigenvalue weighted by Gasteiger charge is 2.30. The fraction of sp³-hybridized carbons (Fsp3) is 0.0500. The summed E-state index contributed by atoms with van der Waals surface area (Å²) in [5.41, 5.74) is -1.22. The van der Waals surface area contributed by atoms with Crippen molar-refractivity contribution in [3.8, 4) is 0 Å². The molecule has 0 aromatic heterocycles. The summed E-state index contributed by atoms with van der Waals surface area (Å²) in [6.07, 6.45) is 0. The first kappa shape index (κ1) is 21.1. The Morgan fingerprint density at radius 3 is 2.23 bits per heavy atom. The Kier molecular flexibility index (Phi) is 5.88. The van der Waals surface area contributed by atoms with E-state index in [0.29, 0.717) is 17.7 Å². The average Bonchev–Trinajstić information content (AvgIpc) is 2.69. The van der Waals surface area contributed by atoms with Crippen LogP contribution >= 0.6 is 0 Å². The van der Waals surface area contributed by atoms with E-state index in [0.717, 1.165) is 12.1 Å². The van der Waals surface area contributed by atoms with Gasteiger partial charge in [-0.1, -0.05) is 30.3 Å². The molecule has 0 aliphatic rings. The van der Waals surface area contributed by atoms with E-state index in [9.17, 15) is 32.1 Å². The third kappa shape index (κ3) is 4.66. The number of nitro groups is 1. The van der Waals surface area contributed by atoms with E-state index in [2.05, 4.69) is 5.32 Å². The quantitative estimate of drug-likeness (QED) is 0.466. The highest BCUT2D eigenvalue weighted by Crippen LogP contribution is 2.29. The number of hydrogen-bond donors (Lipinski definition) is 1. The van der Waals surface area contributed by atoms with Gasteiger partial charge in [0, 0.05) is 11.8 Å². The maximum Gasteiger partial charge on any atom is 0.273 e. The molecule has 3 rings (SSSR count). The Labute approximate surface area is 170 Å². The van der Waals surface area contributed by atoms with Gasteiger partial charge in [-0.15, -0.1) is 0 Å². The molecule has 30 heavy (non-hydrogen) atoms. The normalized spacial score (nSPS) is 11.1. The molecule has 0 saturated heterocycles. The number of carbonyl (C=O) groups is 1. The van der Waals surface area contributed by atoms with Crippen LogP contribution in [-0.2, 0) is 15.6 Å². The molecule has 1 amide bonds. The molecule has 1 N–H and O–H groups in total. The molecular weight excluding hydrogens is 418 g/mol. The number of amides is 1. The van der Waals surface area contributed by atoms with Crippen LogP contribution in [0.15, 0.2) is 71.6 Å². The number of nitrogens with zero attached hydrogens (tertiary/aromatic N) is 1. The second kappa shape index (κ2) is 8.37. The van der Waals surface area contributed by atoms with Crippen molar-refractivity contribution in [1.82, 2.24) is 0 Å². The average molecular weight is 432 g/mol. The number of non-ortho nitro benzene ring substituents is 1. The molecule has 10 heteroatoms. The first-order valence-corrected chi connectivity index (χ1v) is 10.1. The minimum absolute atomic E-state index is 0.0885. The second-order valence-electron chi connectivity index (χ2n) is 6.26. The number of nitro benzene ring substituents is 1. The van der Waals surface area contributed by atoms with Crippen LogP contribution in [0.1, 0.15) is 15.9 Å². The molecule has 0 unspecified atom stereocenters.